The van der Waals surface area contributed by atoms with Crippen LogP contribution in [-0.2, 0) is 0 Å². The SMILES string of the molecule is Cc1ccc(-c2nc(C(=O)Nc3ccccc3C)nn2-c2ccc(Cl)cc2)cc1. The van der Waals surface area contributed by atoms with Crippen LogP contribution >= 0.6 is 11.6 Å². The van der Waals surface area contributed by atoms with Gasteiger partial charge < -0.3 is 5.32 Å². The third kappa shape index (κ3) is 4.05. The predicted molar refractivity (Wildman–Crippen MR) is 116 cm³/mol. The Morgan fingerprint density at radius 3 is 2.31 bits per heavy atom. The Balaban J connectivity index is 1.76. The van der Waals surface area contributed by atoms with Gasteiger partial charge in [0.05, 0.1) is 5.69 Å². The van der Waals surface area contributed by atoms with E-state index in [0.717, 1.165) is 28.1 Å². The predicted octanol–water partition coefficient (Wildman–Crippen LogP) is 5.46. The highest BCUT2D eigenvalue weighted by molar-refractivity contribution is 6.30. The van der Waals surface area contributed by atoms with Crippen LogP contribution < -0.4 is 5.32 Å². The molecule has 29 heavy (non-hydrogen) atoms. The Morgan fingerprint density at radius 2 is 1.62 bits per heavy atom. The molecule has 0 radical (unpaired) electrons. The number of carbonyl (C=O) groups excluding carboxylic acids is 1. The molecule has 0 aliphatic carbocycles. The zero-order valence-corrected chi connectivity index (χ0v) is 16.8. The molecule has 0 aliphatic rings. The molecule has 0 atom stereocenters. The number of anilines is 1. The lowest BCUT2D eigenvalue weighted by Gasteiger charge is -2.06. The lowest BCUT2D eigenvalue weighted by Crippen LogP contribution is -2.15. The maximum absolute atomic E-state index is 12.8. The highest BCUT2D eigenvalue weighted by Crippen LogP contribution is 2.23. The number of halogens is 1. The molecule has 0 bridgehead atoms. The van der Waals surface area contributed by atoms with E-state index in [0.29, 0.717) is 10.8 Å². The average Bonchev–Trinajstić information content (AvgIpc) is 3.16. The van der Waals surface area contributed by atoms with Gasteiger partial charge in [-0.1, -0.05) is 59.6 Å². The van der Waals surface area contributed by atoms with Crippen LogP contribution in [0.5, 0.6) is 0 Å². The first-order valence-corrected chi connectivity index (χ1v) is 9.56. The number of benzene rings is 3. The zero-order valence-electron chi connectivity index (χ0n) is 16.1. The van der Waals surface area contributed by atoms with Crippen molar-refractivity contribution in [3.63, 3.8) is 0 Å². The molecule has 0 saturated carbocycles. The van der Waals surface area contributed by atoms with Gasteiger partial charge in [0.25, 0.3) is 5.91 Å². The van der Waals surface area contributed by atoms with Gasteiger partial charge in [-0.15, -0.1) is 5.10 Å². The fourth-order valence-electron chi connectivity index (χ4n) is 2.95. The van der Waals surface area contributed by atoms with Crippen molar-refractivity contribution in [2.24, 2.45) is 0 Å². The zero-order chi connectivity index (χ0) is 20.4. The quantitative estimate of drug-likeness (QED) is 0.493. The van der Waals surface area contributed by atoms with Crippen molar-refractivity contribution >= 4 is 23.2 Å². The molecule has 1 heterocycles. The van der Waals surface area contributed by atoms with Gasteiger partial charge in [-0.25, -0.2) is 9.67 Å². The molecule has 4 aromatic rings. The van der Waals surface area contributed by atoms with Gasteiger partial charge >= 0.3 is 0 Å². The van der Waals surface area contributed by atoms with Crippen molar-refractivity contribution in [1.82, 2.24) is 14.8 Å². The number of hydrogen-bond acceptors (Lipinski definition) is 3. The van der Waals surface area contributed by atoms with E-state index in [4.69, 9.17) is 11.6 Å². The third-order valence-electron chi connectivity index (χ3n) is 4.58. The molecule has 3 aromatic carbocycles. The van der Waals surface area contributed by atoms with Gasteiger partial charge in [0.2, 0.25) is 5.82 Å². The lowest BCUT2D eigenvalue weighted by atomic mass is 10.1. The number of rotatable bonds is 4. The fourth-order valence-corrected chi connectivity index (χ4v) is 3.08. The van der Waals surface area contributed by atoms with Gasteiger partial charge in [-0.2, -0.15) is 0 Å². The number of amides is 1. The first kappa shape index (κ1) is 18.9. The molecule has 1 amide bonds. The summed E-state index contributed by atoms with van der Waals surface area (Å²) in [6, 6.07) is 22.8. The second kappa shape index (κ2) is 7.89. The van der Waals surface area contributed by atoms with E-state index in [1.807, 2.05) is 74.5 Å². The Bertz CT molecular complexity index is 1100. The van der Waals surface area contributed by atoms with E-state index in [1.54, 1.807) is 16.8 Å². The number of aromatic nitrogens is 3. The maximum Gasteiger partial charge on any atom is 0.295 e. The van der Waals surface area contributed by atoms with Crippen molar-refractivity contribution in [1.29, 1.82) is 0 Å². The van der Waals surface area contributed by atoms with E-state index in [-0.39, 0.29) is 11.7 Å². The molecule has 1 N–H and O–H groups in total. The van der Waals surface area contributed by atoms with Crippen LogP contribution in [0.4, 0.5) is 5.69 Å². The number of nitrogens with one attached hydrogen (secondary N) is 1. The number of aryl methyl sites for hydroxylation is 2. The molecule has 6 heteroatoms. The van der Waals surface area contributed by atoms with Crippen molar-refractivity contribution in [2.75, 3.05) is 5.32 Å². The Hall–Kier alpha value is -3.44. The smallest absolute Gasteiger partial charge is 0.295 e. The minimum absolute atomic E-state index is 0.0961. The summed E-state index contributed by atoms with van der Waals surface area (Å²) in [5.74, 6) is 0.321. The van der Waals surface area contributed by atoms with Gasteiger partial charge in [0, 0.05) is 16.3 Å². The fraction of sp³-hybridized carbons (Fsp3) is 0.0870. The molecular weight excluding hydrogens is 384 g/mol. The van der Waals surface area contributed by atoms with Crippen LogP contribution in [0.3, 0.4) is 0 Å². The maximum atomic E-state index is 12.8. The molecule has 1 aromatic heterocycles. The molecule has 0 spiro atoms. The summed E-state index contributed by atoms with van der Waals surface area (Å²) >= 11 is 6.02. The Kier molecular flexibility index (Phi) is 5.14. The van der Waals surface area contributed by atoms with Crippen LogP contribution in [0.1, 0.15) is 21.7 Å². The van der Waals surface area contributed by atoms with Crippen LogP contribution in [0, 0.1) is 13.8 Å². The first-order valence-electron chi connectivity index (χ1n) is 9.18. The van der Waals surface area contributed by atoms with Crippen molar-refractivity contribution in [3.05, 3.63) is 94.8 Å². The summed E-state index contributed by atoms with van der Waals surface area (Å²) in [4.78, 5) is 17.4. The normalized spacial score (nSPS) is 10.7. The largest absolute Gasteiger partial charge is 0.319 e. The van der Waals surface area contributed by atoms with E-state index < -0.39 is 0 Å². The van der Waals surface area contributed by atoms with Gasteiger partial charge in [0.1, 0.15) is 0 Å². The summed E-state index contributed by atoms with van der Waals surface area (Å²) in [5, 5.41) is 8.00. The van der Waals surface area contributed by atoms with Crippen LogP contribution in [0.15, 0.2) is 72.8 Å². The van der Waals surface area contributed by atoms with E-state index in [1.165, 1.54) is 0 Å². The number of para-hydroxylation sites is 1. The van der Waals surface area contributed by atoms with E-state index >= 15 is 0 Å². The monoisotopic (exact) mass is 402 g/mol. The highest BCUT2D eigenvalue weighted by atomic mass is 35.5. The van der Waals surface area contributed by atoms with Crippen molar-refractivity contribution < 1.29 is 4.79 Å². The van der Waals surface area contributed by atoms with Crippen LogP contribution in [0.2, 0.25) is 5.02 Å². The van der Waals surface area contributed by atoms with E-state index in [2.05, 4.69) is 15.4 Å². The second-order valence-corrected chi connectivity index (χ2v) is 7.22. The minimum atomic E-state index is -0.361. The Labute approximate surface area is 174 Å². The molecular formula is C23H19ClN4O. The van der Waals surface area contributed by atoms with E-state index in [9.17, 15) is 4.79 Å². The summed E-state index contributed by atoms with van der Waals surface area (Å²) < 4.78 is 1.66. The molecule has 0 saturated heterocycles. The summed E-state index contributed by atoms with van der Waals surface area (Å²) in [5.41, 5.74) is 4.48. The summed E-state index contributed by atoms with van der Waals surface area (Å²) in [6.45, 7) is 3.96. The van der Waals surface area contributed by atoms with Crippen LogP contribution in [0.25, 0.3) is 17.1 Å². The molecule has 0 aliphatic heterocycles. The van der Waals surface area contributed by atoms with Crippen molar-refractivity contribution in [2.45, 2.75) is 13.8 Å². The summed E-state index contributed by atoms with van der Waals surface area (Å²) in [7, 11) is 0. The number of nitrogens with zero attached hydrogens (tertiary/aromatic N) is 3. The number of carbonyl (C=O) groups is 1. The lowest BCUT2D eigenvalue weighted by molar-refractivity contribution is 0.101. The van der Waals surface area contributed by atoms with Gasteiger partial charge in [-0.05, 0) is 49.7 Å². The average molecular weight is 403 g/mol. The minimum Gasteiger partial charge on any atom is -0.319 e. The standard InChI is InChI=1S/C23H19ClN4O/c1-15-7-9-17(10-8-15)22-26-21(23(29)25-20-6-4-3-5-16(20)2)27-28(22)19-13-11-18(24)12-14-19/h3-14H,1-2H3,(H,25,29). The highest BCUT2D eigenvalue weighted by Gasteiger charge is 2.19. The number of hydrogen-bond donors (Lipinski definition) is 1. The molecule has 0 fully saturated rings. The first-order chi connectivity index (χ1) is 14.0. The molecule has 5 nitrogen and oxygen atoms in total. The summed E-state index contributed by atoms with van der Waals surface area (Å²) in [6.07, 6.45) is 0. The topological polar surface area (TPSA) is 59.8 Å². The molecule has 144 valence electrons. The molecule has 4 rings (SSSR count). The van der Waals surface area contributed by atoms with Crippen LogP contribution in [-0.4, -0.2) is 20.7 Å². The van der Waals surface area contributed by atoms with Crippen molar-refractivity contribution in [3.8, 4) is 17.1 Å². The van der Waals surface area contributed by atoms with Gasteiger partial charge in [-0.3, -0.25) is 4.79 Å². The molecule has 0 unspecified atom stereocenters. The third-order valence-corrected chi connectivity index (χ3v) is 4.84. The second-order valence-electron chi connectivity index (χ2n) is 6.78. The Morgan fingerprint density at radius 1 is 0.931 bits per heavy atom. The van der Waals surface area contributed by atoms with Gasteiger partial charge in [0.15, 0.2) is 5.82 Å².